The number of benzene rings is 1. The van der Waals surface area contributed by atoms with E-state index in [1.54, 1.807) is 17.4 Å². The van der Waals surface area contributed by atoms with Crippen LogP contribution < -0.4 is 11.1 Å². The molecule has 16 heavy (non-hydrogen) atoms. The van der Waals surface area contributed by atoms with Gasteiger partial charge < -0.3 is 11.1 Å². The molecule has 0 fully saturated rings. The number of anilines is 2. The van der Waals surface area contributed by atoms with Crippen molar-refractivity contribution in [3.05, 3.63) is 45.4 Å². The normalized spacial score (nSPS) is 10.4. The zero-order chi connectivity index (χ0) is 11.5. The predicted molar refractivity (Wildman–Crippen MR) is 67.5 cm³/mol. The first-order chi connectivity index (χ1) is 7.66. The van der Waals surface area contributed by atoms with Crippen LogP contribution >= 0.6 is 22.9 Å². The molecule has 1 aromatic heterocycles. The Morgan fingerprint density at radius 1 is 1.38 bits per heavy atom. The average Bonchev–Trinajstić information content (AvgIpc) is 2.63. The van der Waals surface area contributed by atoms with Crippen molar-refractivity contribution in [3.63, 3.8) is 0 Å². The molecule has 0 bridgehead atoms. The zero-order valence-electron chi connectivity index (χ0n) is 8.34. The number of hydrogen-bond donors (Lipinski definition) is 2. The van der Waals surface area contributed by atoms with Crippen molar-refractivity contribution in [1.82, 2.24) is 0 Å². The Kier molecular flexibility index (Phi) is 3.31. The van der Waals surface area contributed by atoms with Gasteiger partial charge >= 0.3 is 0 Å². The van der Waals surface area contributed by atoms with Crippen molar-refractivity contribution in [1.29, 1.82) is 0 Å². The van der Waals surface area contributed by atoms with E-state index in [-0.39, 0.29) is 5.82 Å². The van der Waals surface area contributed by atoms with Gasteiger partial charge in [-0.2, -0.15) is 0 Å². The Balaban J connectivity index is 2.08. The molecule has 0 unspecified atom stereocenters. The van der Waals surface area contributed by atoms with Crippen molar-refractivity contribution in [3.8, 4) is 0 Å². The summed E-state index contributed by atoms with van der Waals surface area (Å²) in [5.41, 5.74) is 7.21. The van der Waals surface area contributed by atoms with E-state index in [1.165, 1.54) is 12.1 Å². The predicted octanol–water partition coefficient (Wildman–Crippen LogP) is 3.73. The number of nitrogens with one attached hydrogen (secondary N) is 1. The summed E-state index contributed by atoms with van der Waals surface area (Å²) >= 11 is 7.45. The van der Waals surface area contributed by atoms with Gasteiger partial charge in [0, 0.05) is 10.6 Å². The van der Waals surface area contributed by atoms with Crippen LogP contribution in [0.5, 0.6) is 0 Å². The van der Waals surface area contributed by atoms with Crippen LogP contribution in [-0.4, -0.2) is 0 Å². The molecule has 0 radical (unpaired) electrons. The largest absolute Gasteiger partial charge is 0.398 e. The minimum absolute atomic E-state index is 0.341. The first-order valence-electron chi connectivity index (χ1n) is 4.67. The monoisotopic (exact) mass is 256 g/mol. The number of nitrogens with two attached hydrogens (primary N) is 1. The molecule has 0 spiro atoms. The SMILES string of the molecule is Nc1ccsc1CNc1ccc(F)cc1Cl. The minimum atomic E-state index is -0.341. The molecule has 0 atom stereocenters. The minimum Gasteiger partial charge on any atom is -0.398 e. The fourth-order valence-electron chi connectivity index (χ4n) is 1.30. The average molecular weight is 257 g/mol. The molecule has 0 amide bonds. The third-order valence-electron chi connectivity index (χ3n) is 2.15. The molecule has 1 aromatic carbocycles. The van der Waals surface area contributed by atoms with Crippen LogP contribution in [0.1, 0.15) is 4.88 Å². The highest BCUT2D eigenvalue weighted by Gasteiger charge is 2.04. The van der Waals surface area contributed by atoms with E-state index in [9.17, 15) is 4.39 Å². The van der Waals surface area contributed by atoms with Gasteiger partial charge in [0.2, 0.25) is 0 Å². The molecular formula is C11H10ClFN2S. The fourth-order valence-corrected chi connectivity index (χ4v) is 2.28. The van der Waals surface area contributed by atoms with Crippen LogP contribution in [0.25, 0.3) is 0 Å². The summed E-state index contributed by atoms with van der Waals surface area (Å²) in [7, 11) is 0. The highest BCUT2D eigenvalue weighted by molar-refractivity contribution is 7.10. The Hall–Kier alpha value is -1.26. The molecular weight excluding hydrogens is 247 g/mol. The third kappa shape index (κ3) is 2.46. The molecule has 3 N–H and O–H groups in total. The van der Waals surface area contributed by atoms with E-state index in [1.807, 2.05) is 11.4 Å². The lowest BCUT2D eigenvalue weighted by Crippen LogP contribution is -2.00. The Morgan fingerprint density at radius 2 is 2.19 bits per heavy atom. The second-order valence-corrected chi connectivity index (χ2v) is 4.68. The van der Waals surface area contributed by atoms with E-state index in [0.717, 1.165) is 10.6 Å². The van der Waals surface area contributed by atoms with Gasteiger partial charge in [-0.15, -0.1) is 11.3 Å². The molecule has 84 valence electrons. The number of thiophene rings is 1. The molecule has 1 heterocycles. The summed E-state index contributed by atoms with van der Waals surface area (Å²) in [6, 6.07) is 6.11. The second-order valence-electron chi connectivity index (χ2n) is 3.28. The smallest absolute Gasteiger partial charge is 0.124 e. The second kappa shape index (κ2) is 4.72. The van der Waals surface area contributed by atoms with Gasteiger partial charge in [0.15, 0.2) is 0 Å². The van der Waals surface area contributed by atoms with Crippen molar-refractivity contribution in [2.75, 3.05) is 11.1 Å². The van der Waals surface area contributed by atoms with Gasteiger partial charge in [0.25, 0.3) is 0 Å². The van der Waals surface area contributed by atoms with Crippen LogP contribution in [0.2, 0.25) is 5.02 Å². The number of hydrogen-bond acceptors (Lipinski definition) is 3. The Bertz CT molecular complexity index is 498. The first kappa shape index (κ1) is 11.2. The van der Waals surface area contributed by atoms with Crippen molar-refractivity contribution < 1.29 is 4.39 Å². The lowest BCUT2D eigenvalue weighted by atomic mass is 10.3. The molecule has 0 aliphatic rings. The molecule has 0 saturated carbocycles. The summed E-state index contributed by atoms with van der Waals surface area (Å²) in [4.78, 5) is 1.04. The zero-order valence-corrected chi connectivity index (χ0v) is 9.91. The summed E-state index contributed by atoms with van der Waals surface area (Å²) in [5, 5.41) is 5.41. The van der Waals surface area contributed by atoms with Gasteiger partial charge in [-0.25, -0.2) is 4.39 Å². The van der Waals surface area contributed by atoms with Crippen LogP contribution in [0.15, 0.2) is 29.6 Å². The van der Waals surface area contributed by atoms with E-state index < -0.39 is 0 Å². The van der Waals surface area contributed by atoms with E-state index in [4.69, 9.17) is 17.3 Å². The van der Waals surface area contributed by atoms with Gasteiger partial charge in [0.1, 0.15) is 5.82 Å². The lowest BCUT2D eigenvalue weighted by molar-refractivity contribution is 0.628. The third-order valence-corrected chi connectivity index (χ3v) is 3.40. The maximum atomic E-state index is 12.8. The molecule has 2 rings (SSSR count). The first-order valence-corrected chi connectivity index (χ1v) is 5.93. The summed E-state index contributed by atoms with van der Waals surface area (Å²) in [6.45, 7) is 0.592. The van der Waals surface area contributed by atoms with E-state index in [0.29, 0.717) is 17.3 Å². The fraction of sp³-hybridized carbons (Fsp3) is 0.0909. The van der Waals surface area contributed by atoms with Crippen LogP contribution in [-0.2, 0) is 6.54 Å². The highest BCUT2D eigenvalue weighted by atomic mass is 35.5. The van der Waals surface area contributed by atoms with Gasteiger partial charge in [-0.1, -0.05) is 11.6 Å². The molecule has 0 saturated heterocycles. The molecule has 2 aromatic rings. The van der Waals surface area contributed by atoms with Crippen LogP contribution in [0.3, 0.4) is 0 Å². The van der Waals surface area contributed by atoms with Gasteiger partial charge in [0.05, 0.1) is 17.3 Å². The van der Waals surface area contributed by atoms with Crippen molar-refractivity contribution in [2.45, 2.75) is 6.54 Å². The number of halogens is 2. The van der Waals surface area contributed by atoms with Crippen LogP contribution in [0.4, 0.5) is 15.8 Å². The highest BCUT2D eigenvalue weighted by Crippen LogP contribution is 2.25. The molecule has 0 aliphatic carbocycles. The van der Waals surface area contributed by atoms with Crippen molar-refractivity contribution in [2.24, 2.45) is 0 Å². The van der Waals surface area contributed by atoms with Crippen molar-refractivity contribution >= 4 is 34.3 Å². The molecule has 0 aliphatic heterocycles. The maximum absolute atomic E-state index is 12.8. The lowest BCUT2D eigenvalue weighted by Gasteiger charge is -2.07. The Morgan fingerprint density at radius 3 is 2.81 bits per heavy atom. The number of rotatable bonds is 3. The van der Waals surface area contributed by atoms with E-state index in [2.05, 4.69) is 5.32 Å². The number of nitrogen functional groups attached to an aromatic ring is 1. The molecule has 2 nitrogen and oxygen atoms in total. The topological polar surface area (TPSA) is 38.0 Å². The quantitative estimate of drug-likeness (QED) is 0.878. The summed E-state index contributed by atoms with van der Waals surface area (Å²) < 4.78 is 12.8. The molecule has 5 heteroatoms. The Labute approximate surface area is 102 Å². The van der Waals surface area contributed by atoms with Gasteiger partial charge in [-0.05, 0) is 29.6 Å². The van der Waals surface area contributed by atoms with Crippen LogP contribution in [0, 0.1) is 5.82 Å². The van der Waals surface area contributed by atoms with E-state index >= 15 is 0 Å². The maximum Gasteiger partial charge on any atom is 0.124 e. The summed E-state index contributed by atoms with van der Waals surface area (Å²) in [6.07, 6.45) is 0. The van der Waals surface area contributed by atoms with Gasteiger partial charge in [-0.3, -0.25) is 0 Å². The summed E-state index contributed by atoms with van der Waals surface area (Å²) in [5.74, 6) is -0.341. The standard InChI is InChI=1S/C11H10ClFN2S/c12-8-5-7(13)1-2-10(8)15-6-11-9(14)3-4-16-11/h1-5,15H,6,14H2.